The van der Waals surface area contributed by atoms with E-state index in [0.29, 0.717) is 25.2 Å². The number of aliphatic hydroxyl groups excluding tert-OH is 1. The van der Waals surface area contributed by atoms with Gasteiger partial charge in [-0.15, -0.1) is 0 Å². The van der Waals surface area contributed by atoms with E-state index < -0.39 is 0 Å². The fraction of sp³-hybridized carbons (Fsp3) is 0.438. The molecule has 0 spiro atoms. The van der Waals surface area contributed by atoms with E-state index in [-0.39, 0.29) is 12.6 Å². The van der Waals surface area contributed by atoms with Crippen molar-refractivity contribution in [1.82, 2.24) is 4.90 Å². The number of amides is 2. The molecular weight excluding hydrogens is 252 g/mol. The zero-order chi connectivity index (χ0) is 15.0. The zero-order valence-corrected chi connectivity index (χ0v) is 12.4. The van der Waals surface area contributed by atoms with Gasteiger partial charge in [0.15, 0.2) is 0 Å². The van der Waals surface area contributed by atoms with Crippen LogP contribution in [0.25, 0.3) is 0 Å². The molecule has 0 aliphatic heterocycles. The van der Waals surface area contributed by atoms with Gasteiger partial charge < -0.3 is 15.3 Å². The van der Waals surface area contributed by atoms with Crippen molar-refractivity contribution in [3.05, 3.63) is 29.3 Å². The highest BCUT2D eigenvalue weighted by atomic mass is 16.2. The maximum Gasteiger partial charge on any atom is 0.321 e. The number of rotatable bonds is 4. The lowest BCUT2D eigenvalue weighted by atomic mass is 10.1. The molecule has 4 nitrogen and oxygen atoms in total. The summed E-state index contributed by atoms with van der Waals surface area (Å²) < 4.78 is 0. The number of hydrogen-bond donors (Lipinski definition) is 2. The summed E-state index contributed by atoms with van der Waals surface area (Å²) in [6, 6.07) is 5.63. The normalized spacial score (nSPS) is 9.60. The van der Waals surface area contributed by atoms with Crippen molar-refractivity contribution in [3.63, 3.8) is 0 Å². The number of carbonyl (C=O) groups excluding carboxylic acids is 1. The van der Waals surface area contributed by atoms with Gasteiger partial charge in [0, 0.05) is 25.1 Å². The molecule has 0 fully saturated rings. The maximum absolute atomic E-state index is 12.1. The van der Waals surface area contributed by atoms with Gasteiger partial charge in [0.1, 0.15) is 0 Å². The van der Waals surface area contributed by atoms with Crippen LogP contribution in [0, 0.1) is 18.8 Å². The first kappa shape index (κ1) is 16.1. The maximum atomic E-state index is 12.1. The van der Waals surface area contributed by atoms with E-state index in [1.165, 1.54) is 0 Å². The van der Waals surface area contributed by atoms with Gasteiger partial charge in [-0.25, -0.2) is 4.79 Å². The van der Waals surface area contributed by atoms with Crippen LogP contribution < -0.4 is 5.32 Å². The number of aliphatic hydroxyl groups is 1. The highest BCUT2D eigenvalue weighted by Gasteiger charge is 2.11. The molecule has 1 aromatic rings. The predicted octanol–water partition coefficient (Wildman–Crippen LogP) is 2.60. The Morgan fingerprint density at radius 2 is 2.05 bits per heavy atom. The number of nitrogens with one attached hydrogen (secondary N) is 1. The molecule has 108 valence electrons. The molecule has 0 atom stereocenters. The number of hydrogen-bond acceptors (Lipinski definition) is 2. The molecule has 0 bridgehead atoms. The van der Waals surface area contributed by atoms with Gasteiger partial charge in [0.05, 0.1) is 12.3 Å². The highest BCUT2D eigenvalue weighted by molar-refractivity contribution is 5.91. The molecule has 2 N–H and O–H groups in total. The summed E-state index contributed by atoms with van der Waals surface area (Å²) in [5.41, 5.74) is 2.55. The minimum atomic E-state index is -0.120. The second kappa shape index (κ2) is 8.23. The number of carbonyl (C=O) groups is 1. The molecule has 0 unspecified atom stereocenters. The first-order chi connectivity index (χ1) is 9.62. The van der Waals surface area contributed by atoms with E-state index in [9.17, 15) is 4.79 Å². The van der Waals surface area contributed by atoms with Crippen molar-refractivity contribution in [2.75, 3.05) is 25.0 Å². The van der Waals surface area contributed by atoms with Gasteiger partial charge >= 0.3 is 6.03 Å². The Kier molecular flexibility index (Phi) is 6.61. The van der Waals surface area contributed by atoms with Gasteiger partial charge in [0.25, 0.3) is 0 Å². The topological polar surface area (TPSA) is 52.6 Å². The van der Waals surface area contributed by atoms with Gasteiger partial charge in [-0.05, 0) is 38.5 Å². The SMILES string of the molecule is CCN(CC)C(=O)Nc1cc(C)ccc1C#CCCO. The van der Waals surface area contributed by atoms with E-state index in [1.54, 1.807) is 4.90 Å². The summed E-state index contributed by atoms with van der Waals surface area (Å²) in [4.78, 5) is 13.8. The Morgan fingerprint density at radius 1 is 1.35 bits per heavy atom. The van der Waals surface area contributed by atoms with Crippen LogP contribution in [0.2, 0.25) is 0 Å². The van der Waals surface area contributed by atoms with Gasteiger partial charge in [-0.1, -0.05) is 17.9 Å². The number of nitrogens with zero attached hydrogens (tertiary/aromatic N) is 1. The Morgan fingerprint density at radius 3 is 2.65 bits per heavy atom. The van der Waals surface area contributed by atoms with Gasteiger partial charge in [-0.3, -0.25) is 0 Å². The lowest BCUT2D eigenvalue weighted by Gasteiger charge is -2.20. The number of anilines is 1. The summed E-state index contributed by atoms with van der Waals surface area (Å²) >= 11 is 0. The van der Waals surface area contributed by atoms with Crippen molar-refractivity contribution in [3.8, 4) is 11.8 Å². The van der Waals surface area contributed by atoms with Gasteiger partial charge in [0.2, 0.25) is 0 Å². The molecular formula is C16H22N2O2. The van der Waals surface area contributed by atoms with Crippen LogP contribution in [-0.2, 0) is 0 Å². The molecule has 2 amide bonds. The largest absolute Gasteiger partial charge is 0.395 e. The average Bonchev–Trinajstić information content (AvgIpc) is 2.43. The Balaban J connectivity index is 2.95. The summed E-state index contributed by atoms with van der Waals surface area (Å²) in [5.74, 6) is 5.86. The molecule has 0 radical (unpaired) electrons. The van der Waals surface area contributed by atoms with Crippen molar-refractivity contribution in [2.24, 2.45) is 0 Å². The van der Waals surface area contributed by atoms with Crippen molar-refractivity contribution in [2.45, 2.75) is 27.2 Å². The third-order valence-corrected chi connectivity index (χ3v) is 2.93. The smallest absolute Gasteiger partial charge is 0.321 e. The molecule has 0 aromatic heterocycles. The standard InChI is InChI=1S/C16H22N2O2/c1-4-18(5-2)16(20)17-15-12-13(3)9-10-14(15)8-6-7-11-19/h9-10,12,19H,4-5,7,11H2,1-3H3,(H,17,20). The van der Waals surface area contributed by atoms with E-state index in [1.807, 2.05) is 39.0 Å². The average molecular weight is 274 g/mol. The number of aryl methyl sites for hydroxylation is 1. The summed E-state index contributed by atoms with van der Waals surface area (Å²) in [6.07, 6.45) is 0.428. The minimum absolute atomic E-state index is 0.0417. The van der Waals surface area contributed by atoms with Crippen LogP contribution in [0.4, 0.5) is 10.5 Å². The predicted molar refractivity (Wildman–Crippen MR) is 81.7 cm³/mol. The third-order valence-electron chi connectivity index (χ3n) is 2.93. The van der Waals surface area contributed by atoms with Crippen molar-refractivity contribution < 1.29 is 9.90 Å². The minimum Gasteiger partial charge on any atom is -0.395 e. The van der Waals surface area contributed by atoms with Gasteiger partial charge in [-0.2, -0.15) is 0 Å². The van der Waals surface area contributed by atoms with E-state index in [0.717, 1.165) is 11.1 Å². The van der Waals surface area contributed by atoms with Crippen molar-refractivity contribution >= 4 is 11.7 Å². The lowest BCUT2D eigenvalue weighted by Crippen LogP contribution is -2.34. The quantitative estimate of drug-likeness (QED) is 0.829. The van der Waals surface area contributed by atoms with Crippen LogP contribution in [0.3, 0.4) is 0 Å². The van der Waals surface area contributed by atoms with E-state index in [2.05, 4.69) is 17.2 Å². The van der Waals surface area contributed by atoms with E-state index in [4.69, 9.17) is 5.11 Å². The molecule has 0 aliphatic carbocycles. The number of urea groups is 1. The molecule has 1 rings (SSSR count). The van der Waals surface area contributed by atoms with Crippen LogP contribution >= 0.6 is 0 Å². The molecule has 0 saturated heterocycles. The summed E-state index contributed by atoms with van der Waals surface area (Å²) in [5, 5.41) is 11.7. The second-order valence-electron chi connectivity index (χ2n) is 4.43. The molecule has 0 aliphatic rings. The van der Waals surface area contributed by atoms with Crippen LogP contribution in [-0.4, -0.2) is 35.7 Å². The van der Waals surface area contributed by atoms with Crippen LogP contribution in [0.5, 0.6) is 0 Å². The molecule has 20 heavy (non-hydrogen) atoms. The lowest BCUT2D eigenvalue weighted by molar-refractivity contribution is 0.217. The molecule has 1 aromatic carbocycles. The Hall–Kier alpha value is -1.99. The number of benzene rings is 1. The second-order valence-corrected chi connectivity index (χ2v) is 4.43. The molecule has 0 heterocycles. The van der Waals surface area contributed by atoms with E-state index >= 15 is 0 Å². The summed E-state index contributed by atoms with van der Waals surface area (Å²) in [7, 11) is 0. The Labute approximate surface area is 120 Å². The zero-order valence-electron chi connectivity index (χ0n) is 12.4. The monoisotopic (exact) mass is 274 g/mol. The van der Waals surface area contributed by atoms with Crippen LogP contribution in [0.1, 0.15) is 31.4 Å². The summed E-state index contributed by atoms with van der Waals surface area (Å²) in [6.45, 7) is 7.24. The third kappa shape index (κ3) is 4.60. The fourth-order valence-corrected chi connectivity index (χ4v) is 1.79. The highest BCUT2D eigenvalue weighted by Crippen LogP contribution is 2.17. The first-order valence-electron chi connectivity index (χ1n) is 6.88. The first-order valence-corrected chi connectivity index (χ1v) is 6.88. The van der Waals surface area contributed by atoms with Crippen LogP contribution in [0.15, 0.2) is 18.2 Å². The fourth-order valence-electron chi connectivity index (χ4n) is 1.79. The molecule has 0 saturated carbocycles. The Bertz CT molecular complexity index is 511. The molecule has 4 heteroatoms. The van der Waals surface area contributed by atoms with Crippen molar-refractivity contribution in [1.29, 1.82) is 0 Å².